The van der Waals surface area contributed by atoms with Gasteiger partial charge in [0.05, 0.1) is 17.6 Å². The molecule has 10 heteroatoms. The van der Waals surface area contributed by atoms with E-state index in [1.54, 1.807) is 41.5 Å². The highest BCUT2D eigenvalue weighted by Gasteiger charge is 2.32. The number of halogens is 4. The van der Waals surface area contributed by atoms with E-state index in [4.69, 9.17) is 11.6 Å². The van der Waals surface area contributed by atoms with Gasteiger partial charge in [0.1, 0.15) is 11.4 Å². The van der Waals surface area contributed by atoms with Crippen LogP contribution in [0.1, 0.15) is 11.1 Å². The topological polar surface area (TPSA) is 72.3 Å². The van der Waals surface area contributed by atoms with Crippen molar-refractivity contribution in [3.05, 3.63) is 71.4 Å². The van der Waals surface area contributed by atoms with Crippen LogP contribution in [-0.2, 0) is 19.1 Å². The molecular weight excluding hydrogens is 405 g/mol. The summed E-state index contributed by atoms with van der Waals surface area (Å²) >= 11 is 6.00. The molecule has 0 radical (unpaired) electrons. The number of benzene rings is 1. The van der Waals surface area contributed by atoms with Gasteiger partial charge in [-0.25, -0.2) is 4.98 Å². The number of aryl methyl sites for hydroxylation is 2. The van der Waals surface area contributed by atoms with Crippen LogP contribution in [0.4, 0.5) is 13.2 Å². The second-order valence-corrected chi connectivity index (χ2v) is 6.65. The quantitative estimate of drug-likeness (QED) is 0.512. The molecule has 1 N–H and O–H groups in total. The highest BCUT2D eigenvalue weighted by molar-refractivity contribution is 6.31. The maximum atomic E-state index is 13.1. The third-order valence-corrected chi connectivity index (χ3v) is 4.66. The highest BCUT2D eigenvalue weighted by atomic mass is 35.5. The first-order chi connectivity index (χ1) is 13.9. The minimum Gasteiger partial charge on any atom is -0.336 e. The molecule has 0 saturated heterocycles. The van der Waals surface area contributed by atoms with Gasteiger partial charge in [-0.2, -0.15) is 23.5 Å². The van der Waals surface area contributed by atoms with E-state index in [0.29, 0.717) is 23.6 Å². The number of hydrogen-bond donors (Lipinski definition) is 1. The highest BCUT2D eigenvalue weighted by Crippen LogP contribution is 2.32. The van der Waals surface area contributed by atoms with Crippen LogP contribution in [0, 0.1) is 0 Å². The SMILES string of the molecule is FC(F)(F)c1ccccc1CCn1cnc(-c2cc(-c3n[nH]nc3Cl)ccn2)c1. The number of nitrogens with zero attached hydrogens (tertiary/aromatic N) is 5. The maximum absolute atomic E-state index is 13.1. The molecule has 4 aromatic rings. The molecule has 0 bridgehead atoms. The molecule has 0 saturated carbocycles. The number of rotatable bonds is 5. The molecule has 0 spiro atoms. The maximum Gasteiger partial charge on any atom is 0.416 e. The summed E-state index contributed by atoms with van der Waals surface area (Å²) in [5, 5.41) is 10.5. The van der Waals surface area contributed by atoms with Gasteiger partial charge in [-0.3, -0.25) is 4.98 Å². The largest absolute Gasteiger partial charge is 0.416 e. The Balaban J connectivity index is 1.53. The summed E-state index contributed by atoms with van der Waals surface area (Å²) in [6.45, 7) is 0.356. The fraction of sp³-hybridized carbons (Fsp3) is 0.158. The lowest BCUT2D eigenvalue weighted by molar-refractivity contribution is -0.138. The molecule has 0 aliphatic carbocycles. The molecule has 0 aliphatic rings. The standard InChI is InChI=1S/C19H14ClF3N6/c20-18-17(26-28-27-18)13-5-7-24-15(9-13)16-10-29(11-25-16)8-6-12-3-1-2-4-14(12)19(21,22)23/h1-5,7,9-11H,6,8H2,(H,26,27,28). The van der Waals surface area contributed by atoms with Crippen molar-refractivity contribution in [2.45, 2.75) is 19.1 Å². The Kier molecular flexibility index (Phi) is 5.06. The monoisotopic (exact) mass is 418 g/mol. The van der Waals surface area contributed by atoms with Crippen LogP contribution in [0.5, 0.6) is 0 Å². The summed E-state index contributed by atoms with van der Waals surface area (Å²) < 4.78 is 41.1. The summed E-state index contributed by atoms with van der Waals surface area (Å²) in [4.78, 5) is 8.62. The minimum absolute atomic E-state index is 0.230. The normalized spacial score (nSPS) is 11.7. The van der Waals surface area contributed by atoms with E-state index in [-0.39, 0.29) is 17.1 Å². The van der Waals surface area contributed by atoms with Gasteiger partial charge in [0.2, 0.25) is 0 Å². The molecule has 0 unspecified atom stereocenters. The first-order valence-electron chi connectivity index (χ1n) is 8.62. The molecule has 3 heterocycles. The average Bonchev–Trinajstić information content (AvgIpc) is 3.35. The van der Waals surface area contributed by atoms with Crippen LogP contribution in [0.25, 0.3) is 22.6 Å². The van der Waals surface area contributed by atoms with Crippen molar-refractivity contribution in [2.75, 3.05) is 0 Å². The molecule has 0 fully saturated rings. The fourth-order valence-corrected chi connectivity index (χ4v) is 3.19. The number of aromatic nitrogens is 6. The van der Waals surface area contributed by atoms with Crippen molar-refractivity contribution in [2.24, 2.45) is 0 Å². The Morgan fingerprint density at radius 2 is 1.86 bits per heavy atom. The van der Waals surface area contributed by atoms with Crippen molar-refractivity contribution in [1.29, 1.82) is 0 Å². The molecule has 1 aromatic carbocycles. The first-order valence-corrected chi connectivity index (χ1v) is 8.99. The van der Waals surface area contributed by atoms with Crippen LogP contribution >= 0.6 is 11.6 Å². The van der Waals surface area contributed by atoms with Crippen molar-refractivity contribution in [1.82, 2.24) is 29.9 Å². The van der Waals surface area contributed by atoms with Crippen LogP contribution in [0.3, 0.4) is 0 Å². The third-order valence-electron chi connectivity index (χ3n) is 4.40. The summed E-state index contributed by atoms with van der Waals surface area (Å²) in [7, 11) is 0. The molecule has 0 atom stereocenters. The molecule has 29 heavy (non-hydrogen) atoms. The van der Waals surface area contributed by atoms with Gasteiger partial charge in [-0.1, -0.05) is 29.8 Å². The van der Waals surface area contributed by atoms with Crippen molar-refractivity contribution in [3.8, 4) is 22.6 Å². The molecule has 0 amide bonds. The van der Waals surface area contributed by atoms with Gasteiger partial charge >= 0.3 is 6.18 Å². The molecule has 148 valence electrons. The van der Waals surface area contributed by atoms with E-state index in [0.717, 1.165) is 11.6 Å². The number of imidazole rings is 1. The second kappa shape index (κ2) is 7.67. The fourth-order valence-electron chi connectivity index (χ4n) is 3.00. The zero-order valence-electron chi connectivity index (χ0n) is 14.9. The van der Waals surface area contributed by atoms with Crippen molar-refractivity contribution < 1.29 is 13.2 Å². The Bertz CT molecular complexity index is 1130. The zero-order chi connectivity index (χ0) is 20.4. The van der Waals surface area contributed by atoms with Crippen LogP contribution in [-0.4, -0.2) is 29.9 Å². The van der Waals surface area contributed by atoms with Gasteiger partial charge in [0, 0.05) is 24.5 Å². The van der Waals surface area contributed by atoms with Gasteiger partial charge < -0.3 is 4.57 Å². The smallest absolute Gasteiger partial charge is 0.336 e. The van der Waals surface area contributed by atoms with E-state index in [1.165, 1.54) is 12.1 Å². The average molecular weight is 419 g/mol. The predicted octanol–water partition coefficient (Wildman–Crippen LogP) is 4.65. The predicted molar refractivity (Wildman–Crippen MR) is 101 cm³/mol. The Morgan fingerprint density at radius 3 is 2.62 bits per heavy atom. The summed E-state index contributed by atoms with van der Waals surface area (Å²) in [6.07, 6.45) is 0.779. The Hall–Kier alpha value is -3.20. The number of aromatic amines is 1. The molecule has 4 rings (SSSR count). The van der Waals surface area contributed by atoms with E-state index >= 15 is 0 Å². The molecular formula is C19H14ClF3N6. The number of nitrogens with one attached hydrogen (secondary N) is 1. The van der Waals surface area contributed by atoms with Gasteiger partial charge in [0.15, 0.2) is 5.15 Å². The Labute approximate surface area is 168 Å². The Morgan fingerprint density at radius 1 is 1.03 bits per heavy atom. The van der Waals surface area contributed by atoms with Gasteiger partial charge in [-0.05, 0) is 30.2 Å². The summed E-state index contributed by atoms with van der Waals surface area (Å²) in [5.74, 6) is 0. The summed E-state index contributed by atoms with van der Waals surface area (Å²) in [6, 6.07) is 9.11. The van der Waals surface area contributed by atoms with Crippen LogP contribution in [0.15, 0.2) is 55.1 Å². The number of hydrogen-bond acceptors (Lipinski definition) is 4. The number of pyridine rings is 1. The lowest BCUT2D eigenvalue weighted by Gasteiger charge is -2.12. The van der Waals surface area contributed by atoms with Gasteiger partial charge in [0.25, 0.3) is 0 Å². The summed E-state index contributed by atoms with van der Waals surface area (Å²) in [5.41, 5.74) is 2.04. The zero-order valence-corrected chi connectivity index (χ0v) is 15.6. The van der Waals surface area contributed by atoms with E-state index < -0.39 is 11.7 Å². The third kappa shape index (κ3) is 4.14. The number of alkyl halides is 3. The molecule has 6 nitrogen and oxygen atoms in total. The molecule has 0 aliphatic heterocycles. The van der Waals surface area contributed by atoms with Crippen molar-refractivity contribution in [3.63, 3.8) is 0 Å². The molecule has 3 aromatic heterocycles. The lowest BCUT2D eigenvalue weighted by atomic mass is 10.0. The van der Waals surface area contributed by atoms with E-state index in [2.05, 4.69) is 25.4 Å². The minimum atomic E-state index is -4.37. The van der Waals surface area contributed by atoms with E-state index in [9.17, 15) is 13.2 Å². The van der Waals surface area contributed by atoms with E-state index in [1.807, 2.05) is 0 Å². The number of H-pyrrole nitrogens is 1. The first kappa shape index (κ1) is 19.1. The van der Waals surface area contributed by atoms with Crippen LogP contribution in [0.2, 0.25) is 5.15 Å². The van der Waals surface area contributed by atoms with Crippen LogP contribution < -0.4 is 0 Å². The van der Waals surface area contributed by atoms with Crippen molar-refractivity contribution >= 4 is 11.6 Å². The second-order valence-electron chi connectivity index (χ2n) is 6.29. The van der Waals surface area contributed by atoms with Gasteiger partial charge in [-0.15, -0.1) is 5.10 Å². The lowest BCUT2D eigenvalue weighted by Crippen LogP contribution is -2.10.